The van der Waals surface area contributed by atoms with Crippen molar-refractivity contribution >= 4 is 5.52 Å². The van der Waals surface area contributed by atoms with Gasteiger partial charge in [-0.3, -0.25) is 4.98 Å². The van der Waals surface area contributed by atoms with Crippen molar-refractivity contribution in [1.29, 1.82) is 0 Å². The molecule has 1 saturated heterocycles. The van der Waals surface area contributed by atoms with Gasteiger partial charge in [0.05, 0.1) is 5.52 Å². The van der Waals surface area contributed by atoms with Gasteiger partial charge in [-0.15, -0.1) is 0 Å². The van der Waals surface area contributed by atoms with Crippen molar-refractivity contribution in [1.82, 2.24) is 19.9 Å². The molecule has 0 aliphatic carbocycles. The molecular weight excluding hydrogens is 339 g/mol. The Morgan fingerprint density at radius 2 is 1.78 bits per heavy atom. The molecule has 27 heavy (non-hydrogen) atoms. The zero-order chi connectivity index (χ0) is 18.2. The van der Waals surface area contributed by atoms with Gasteiger partial charge in [-0.2, -0.15) is 5.10 Å². The van der Waals surface area contributed by atoms with Gasteiger partial charge < -0.3 is 5.32 Å². The molecule has 134 valence electrons. The molecule has 1 fully saturated rings. The van der Waals surface area contributed by atoms with Gasteiger partial charge in [0.25, 0.3) is 0 Å². The van der Waals surface area contributed by atoms with Gasteiger partial charge in [-0.25, -0.2) is 8.91 Å². The predicted octanol–water partition coefficient (Wildman–Crippen LogP) is 4.28. The van der Waals surface area contributed by atoms with Crippen molar-refractivity contribution in [2.24, 2.45) is 0 Å². The van der Waals surface area contributed by atoms with E-state index in [1.807, 2.05) is 16.6 Å². The Labute approximate surface area is 156 Å². The third-order valence-corrected chi connectivity index (χ3v) is 5.27. The van der Waals surface area contributed by atoms with E-state index in [1.54, 1.807) is 24.5 Å². The van der Waals surface area contributed by atoms with Crippen molar-refractivity contribution in [3.8, 4) is 22.4 Å². The van der Waals surface area contributed by atoms with Gasteiger partial charge in [0.2, 0.25) is 0 Å². The Kier molecular flexibility index (Phi) is 3.94. The van der Waals surface area contributed by atoms with Crippen LogP contribution in [0.5, 0.6) is 0 Å². The Morgan fingerprint density at radius 1 is 0.963 bits per heavy atom. The lowest BCUT2D eigenvalue weighted by Gasteiger charge is -2.09. The molecule has 4 nitrogen and oxygen atoms in total. The summed E-state index contributed by atoms with van der Waals surface area (Å²) in [5, 5.41) is 8.29. The molecule has 5 rings (SSSR count). The van der Waals surface area contributed by atoms with E-state index in [0.717, 1.165) is 47.4 Å². The molecule has 0 bridgehead atoms. The average molecular weight is 358 g/mol. The second-order valence-electron chi connectivity index (χ2n) is 6.95. The van der Waals surface area contributed by atoms with Gasteiger partial charge in [0.1, 0.15) is 11.5 Å². The van der Waals surface area contributed by atoms with Crippen molar-refractivity contribution in [2.45, 2.75) is 12.3 Å². The zero-order valence-electron chi connectivity index (χ0n) is 14.8. The summed E-state index contributed by atoms with van der Waals surface area (Å²) in [5.74, 6) is 0.279. The molecule has 0 amide bonds. The van der Waals surface area contributed by atoms with Gasteiger partial charge in [0, 0.05) is 36.3 Å². The molecule has 0 saturated carbocycles. The molecule has 0 unspecified atom stereocenters. The molecule has 1 aromatic carbocycles. The van der Waals surface area contributed by atoms with Crippen LogP contribution in [0.15, 0.2) is 67.1 Å². The van der Waals surface area contributed by atoms with Crippen LogP contribution in [0.4, 0.5) is 4.39 Å². The molecule has 1 aliphatic heterocycles. The summed E-state index contributed by atoms with van der Waals surface area (Å²) in [6.45, 7) is 2.07. The molecule has 1 aliphatic rings. The van der Waals surface area contributed by atoms with E-state index in [1.165, 1.54) is 17.7 Å². The normalized spacial score (nSPS) is 16.9. The summed E-state index contributed by atoms with van der Waals surface area (Å²) in [6.07, 6.45) is 6.84. The number of hydrogen-bond acceptors (Lipinski definition) is 3. The molecule has 1 atom stereocenters. The third kappa shape index (κ3) is 2.90. The quantitative estimate of drug-likeness (QED) is 0.594. The summed E-state index contributed by atoms with van der Waals surface area (Å²) in [4.78, 5) is 4.13. The van der Waals surface area contributed by atoms with Crippen molar-refractivity contribution in [3.05, 3.63) is 78.5 Å². The number of aromatic nitrogens is 3. The van der Waals surface area contributed by atoms with Crippen LogP contribution < -0.4 is 5.32 Å². The highest BCUT2D eigenvalue weighted by atomic mass is 19.1. The number of nitrogens with zero attached hydrogens (tertiary/aromatic N) is 3. The van der Waals surface area contributed by atoms with Crippen LogP contribution in [0.3, 0.4) is 0 Å². The SMILES string of the molecule is Fc1ccc(-c2nn3cc([C@@H]4CCNC4)ccc3c2-c2ccncc2)cc1. The highest BCUT2D eigenvalue weighted by Gasteiger charge is 2.20. The van der Waals surface area contributed by atoms with Crippen LogP contribution in [0.2, 0.25) is 0 Å². The number of benzene rings is 1. The van der Waals surface area contributed by atoms with Crippen molar-refractivity contribution in [2.75, 3.05) is 13.1 Å². The monoisotopic (exact) mass is 358 g/mol. The maximum absolute atomic E-state index is 13.4. The number of rotatable bonds is 3. The summed E-state index contributed by atoms with van der Waals surface area (Å²) in [6, 6.07) is 14.8. The average Bonchev–Trinajstić information content (AvgIpc) is 3.37. The second-order valence-corrected chi connectivity index (χ2v) is 6.95. The highest BCUT2D eigenvalue weighted by molar-refractivity contribution is 5.92. The fourth-order valence-corrected chi connectivity index (χ4v) is 3.86. The fraction of sp³-hybridized carbons (Fsp3) is 0.182. The van der Waals surface area contributed by atoms with Crippen LogP contribution in [-0.4, -0.2) is 27.7 Å². The zero-order valence-corrected chi connectivity index (χ0v) is 14.8. The van der Waals surface area contributed by atoms with Crippen molar-refractivity contribution < 1.29 is 4.39 Å². The van der Waals surface area contributed by atoms with Crippen LogP contribution >= 0.6 is 0 Å². The molecule has 3 aromatic heterocycles. The van der Waals surface area contributed by atoms with Gasteiger partial charge in [-0.1, -0.05) is 6.07 Å². The van der Waals surface area contributed by atoms with E-state index in [4.69, 9.17) is 5.10 Å². The van der Waals surface area contributed by atoms with E-state index in [9.17, 15) is 4.39 Å². The minimum Gasteiger partial charge on any atom is -0.316 e. The molecule has 1 N–H and O–H groups in total. The molecule has 4 heterocycles. The van der Waals surface area contributed by atoms with E-state index >= 15 is 0 Å². The van der Waals surface area contributed by atoms with E-state index in [0.29, 0.717) is 5.92 Å². The van der Waals surface area contributed by atoms with E-state index < -0.39 is 0 Å². The number of nitrogens with one attached hydrogen (secondary N) is 1. The summed E-state index contributed by atoms with van der Waals surface area (Å²) in [5.41, 5.74) is 6.17. The number of pyridine rings is 2. The highest BCUT2D eigenvalue weighted by Crippen LogP contribution is 2.36. The maximum Gasteiger partial charge on any atom is 0.123 e. The van der Waals surface area contributed by atoms with Crippen LogP contribution in [-0.2, 0) is 0 Å². The Balaban J connectivity index is 1.72. The summed E-state index contributed by atoms with van der Waals surface area (Å²) < 4.78 is 15.4. The van der Waals surface area contributed by atoms with Crippen LogP contribution in [0, 0.1) is 5.82 Å². The van der Waals surface area contributed by atoms with Crippen LogP contribution in [0.1, 0.15) is 17.9 Å². The minimum atomic E-state index is -0.246. The van der Waals surface area contributed by atoms with Crippen molar-refractivity contribution in [3.63, 3.8) is 0 Å². The summed E-state index contributed by atoms with van der Waals surface area (Å²) in [7, 11) is 0. The third-order valence-electron chi connectivity index (χ3n) is 5.27. The Hall–Kier alpha value is -3.05. The first-order valence-corrected chi connectivity index (χ1v) is 9.19. The molecular formula is C22H19FN4. The lowest BCUT2D eigenvalue weighted by molar-refractivity contribution is 0.628. The van der Waals surface area contributed by atoms with Gasteiger partial charge in [0.15, 0.2) is 0 Å². The lowest BCUT2D eigenvalue weighted by Crippen LogP contribution is -2.08. The molecule has 0 radical (unpaired) electrons. The van der Waals surface area contributed by atoms with E-state index in [2.05, 4.69) is 28.6 Å². The number of hydrogen-bond donors (Lipinski definition) is 1. The Morgan fingerprint density at radius 3 is 2.52 bits per heavy atom. The summed E-state index contributed by atoms with van der Waals surface area (Å²) >= 11 is 0. The molecule has 0 spiro atoms. The number of halogens is 1. The standard InChI is InChI=1S/C22H19FN4/c23-19-4-1-16(2-5-19)22-21(15-7-10-24-11-8-15)20-6-3-18(14-27(20)26-22)17-9-12-25-13-17/h1-8,10-11,14,17,25H,9,12-13H2/t17-/m1/s1. The van der Waals surface area contributed by atoms with Gasteiger partial charge >= 0.3 is 0 Å². The van der Waals surface area contributed by atoms with E-state index in [-0.39, 0.29) is 5.82 Å². The first kappa shape index (κ1) is 16.1. The number of fused-ring (bicyclic) bond motifs is 1. The second kappa shape index (κ2) is 6.59. The smallest absolute Gasteiger partial charge is 0.123 e. The Bertz CT molecular complexity index is 1080. The predicted molar refractivity (Wildman–Crippen MR) is 104 cm³/mol. The minimum absolute atomic E-state index is 0.246. The lowest BCUT2D eigenvalue weighted by atomic mass is 9.98. The topological polar surface area (TPSA) is 42.2 Å². The molecule has 5 heteroatoms. The largest absolute Gasteiger partial charge is 0.316 e. The fourth-order valence-electron chi connectivity index (χ4n) is 3.86. The first-order valence-electron chi connectivity index (χ1n) is 9.19. The first-order chi connectivity index (χ1) is 13.3. The van der Waals surface area contributed by atoms with Gasteiger partial charge in [-0.05, 0) is 72.5 Å². The molecule has 4 aromatic rings. The maximum atomic E-state index is 13.4. The van der Waals surface area contributed by atoms with Crippen LogP contribution in [0.25, 0.3) is 27.9 Å².